The fourth-order valence-electron chi connectivity index (χ4n) is 2.60. The maximum Gasteiger partial charge on any atom is 0.162 e. The predicted octanol–water partition coefficient (Wildman–Crippen LogP) is 2.81. The first-order valence-electron chi connectivity index (χ1n) is 6.85. The molecule has 1 aliphatic rings. The Morgan fingerprint density at radius 2 is 1.79 bits per heavy atom. The second-order valence-electron chi connectivity index (χ2n) is 5.21. The molecule has 1 fully saturated rings. The molecule has 106 valence electrons. The van der Waals surface area contributed by atoms with Crippen LogP contribution in [0.2, 0.25) is 0 Å². The summed E-state index contributed by atoms with van der Waals surface area (Å²) in [5.41, 5.74) is 0.377. The maximum atomic E-state index is 10.4. The first-order chi connectivity index (χ1) is 9.17. The minimum atomic E-state index is -0.564. The van der Waals surface area contributed by atoms with Gasteiger partial charge >= 0.3 is 0 Å². The molecule has 0 aromatic heterocycles. The molecule has 1 aromatic carbocycles. The number of ether oxygens (including phenoxy) is 2. The standard InChI is InChI=1S/C15H23NO3/c1-18-13-7-6-12(10-14(13)19-2)16-11-15(17)8-4-3-5-9-15/h6-7,10,16-17H,3-5,8-9,11H2,1-2H3. The molecule has 0 unspecified atom stereocenters. The van der Waals surface area contributed by atoms with Gasteiger partial charge in [-0.3, -0.25) is 0 Å². The van der Waals surface area contributed by atoms with Gasteiger partial charge < -0.3 is 19.9 Å². The number of methoxy groups -OCH3 is 2. The van der Waals surface area contributed by atoms with E-state index in [0.29, 0.717) is 18.0 Å². The number of aliphatic hydroxyl groups is 1. The van der Waals surface area contributed by atoms with E-state index in [1.807, 2.05) is 18.2 Å². The van der Waals surface area contributed by atoms with Gasteiger partial charge in [0, 0.05) is 18.3 Å². The van der Waals surface area contributed by atoms with Crippen molar-refractivity contribution in [3.05, 3.63) is 18.2 Å². The van der Waals surface area contributed by atoms with Crippen molar-refractivity contribution < 1.29 is 14.6 Å². The Bertz CT molecular complexity index is 414. The highest BCUT2D eigenvalue weighted by atomic mass is 16.5. The van der Waals surface area contributed by atoms with Crippen molar-refractivity contribution in [2.45, 2.75) is 37.7 Å². The SMILES string of the molecule is COc1ccc(NCC2(O)CCCCC2)cc1OC. The first-order valence-corrected chi connectivity index (χ1v) is 6.85. The van der Waals surface area contributed by atoms with Crippen LogP contribution in [0.5, 0.6) is 11.5 Å². The average molecular weight is 265 g/mol. The number of hydrogen-bond acceptors (Lipinski definition) is 4. The second-order valence-corrected chi connectivity index (χ2v) is 5.21. The van der Waals surface area contributed by atoms with E-state index >= 15 is 0 Å². The lowest BCUT2D eigenvalue weighted by molar-refractivity contribution is 0.0167. The zero-order valence-corrected chi connectivity index (χ0v) is 11.7. The summed E-state index contributed by atoms with van der Waals surface area (Å²) in [5.74, 6) is 1.41. The minimum absolute atomic E-state index is 0.564. The summed E-state index contributed by atoms with van der Waals surface area (Å²) in [4.78, 5) is 0. The minimum Gasteiger partial charge on any atom is -0.493 e. The molecule has 0 heterocycles. The summed E-state index contributed by atoms with van der Waals surface area (Å²) in [6.45, 7) is 0.586. The Hall–Kier alpha value is -1.42. The molecule has 2 rings (SSSR count). The van der Waals surface area contributed by atoms with E-state index in [4.69, 9.17) is 9.47 Å². The van der Waals surface area contributed by atoms with Crippen LogP contribution in [0.15, 0.2) is 18.2 Å². The topological polar surface area (TPSA) is 50.7 Å². The fourth-order valence-corrected chi connectivity index (χ4v) is 2.60. The van der Waals surface area contributed by atoms with Crippen molar-refractivity contribution in [3.8, 4) is 11.5 Å². The molecule has 0 amide bonds. The Morgan fingerprint density at radius 1 is 1.11 bits per heavy atom. The van der Waals surface area contributed by atoms with Crippen molar-refractivity contribution in [2.24, 2.45) is 0 Å². The number of benzene rings is 1. The van der Waals surface area contributed by atoms with Crippen molar-refractivity contribution in [1.29, 1.82) is 0 Å². The zero-order chi connectivity index (χ0) is 13.7. The molecule has 0 radical (unpaired) electrons. The van der Waals surface area contributed by atoms with Crippen LogP contribution < -0.4 is 14.8 Å². The van der Waals surface area contributed by atoms with Gasteiger partial charge in [-0.2, -0.15) is 0 Å². The number of hydrogen-bond donors (Lipinski definition) is 2. The molecule has 4 nitrogen and oxygen atoms in total. The van der Waals surface area contributed by atoms with Gasteiger partial charge in [0.1, 0.15) is 0 Å². The molecule has 0 aliphatic heterocycles. The fraction of sp³-hybridized carbons (Fsp3) is 0.600. The van der Waals surface area contributed by atoms with Gasteiger partial charge in [0.05, 0.1) is 19.8 Å². The maximum absolute atomic E-state index is 10.4. The van der Waals surface area contributed by atoms with E-state index < -0.39 is 5.60 Å². The smallest absolute Gasteiger partial charge is 0.162 e. The van der Waals surface area contributed by atoms with E-state index in [1.165, 1.54) is 6.42 Å². The van der Waals surface area contributed by atoms with Crippen molar-refractivity contribution in [2.75, 3.05) is 26.1 Å². The molecule has 19 heavy (non-hydrogen) atoms. The van der Waals surface area contributed by atoms with E-state index in [0.717, 1.165) is 31.4 Å². The van der Waals surface area contributed by atoms with Crippen LogP contribution in [0, 0.1) is 0 Å². The quantitative estimate of drug-likeness (QED) is 0.859. The summed E-state index contributed by atoms with van der Waals surface area (Å²) in [6, 6.07) is 5.70. The average Bonchev–Trinajstić information content (AvgIpc) is 2.45. The van der Waals surface area contributed by atoms with E-state index in [1.54, 1.807) is 14.2 Å². The van der Waals surface area contributed by atoms with Crippen LogP contribution in [-0.4, -0.2) is 31.5 Å². The first kappa shape index (κ1) is 14.0. The highest BCUT2D eigenvalue weighted by molar-refractivity contribution is 5.54. The lowest BCUT2D eigenvalue weighted by Gasteiger charge is -2.32. The third kappa shape index (κ3) is 3.53. The molecule has 1 aromatic rings. The van der Waals surface area contributed by atoms with E-state index in [9.17, 15) is 5.11 Å². The van der Waals surface area contributed by atoms with Gasteiger partial charge in [-0.25, -0.2) is 0 Å². The summed E-state index contributed by atoms with van der Waals surface area (Å²) in [5, 5.41) is 13.7. The monoisotopic (exact) mass is 265 g/mol. The molecule has 2 N–H and O–H groups in total. The highest BCUT2D eigenvalue weighted by Gasteiger charge is 2.28. The van der Waals surface area contributed by atoms with Crippen LogP contribution in [0.4, 0.5) is 5.69 Å². The molecular formula is C15H23NO3. The van der Waals surface area contributed by atoms with Gasteiger partial charge in [-0.15, -0.1) is 0 Å². The summed E-state index contributed by atoms with van der Waals surface area (Å²) in [6.07, 6.45) is 5.23. The Morgan fingerprint density at radius 3 is 2.42 bits per heavy atom. The Kier molecular flexibility index (Phi) is 4.53. The van der Waals surface area contributed by atoms with Crippen LogP contribution in [0.25, 0.3) is 0 Å². The van der Waals surface area contributed by atoms with Crippen LogP contribution in [-0.2, 0) is 0 Å². The second kappa shape index (κ2) is 6.15. The van der Waals surface area contributed by atoms with Crippen LogP contribution >= 0.6 is 0 Å². The molecule has 1 aliphatic carbocycles. The van der Waals surface area contributed by atoms with Crippen LogP contribution in [0.3, 0.4) is 0 Å². The predicted molar refractivity (Wildman–Crippen MR) is 76.1 cm³/mol. The van der Waals surface area contributed by atoms with Crippen molar-refractivity contribution in [1.82, 2.24) is 0 Å². The summed E-state index contributed by atoms with van der Waals surface area (Å²) >= 11 is 0. The molecule has 0 bridgehead atoms. The van der Waals surface area contributed by atoms with Crippen LogP contribution in [0.1, 0.15) is 32.1 Å². The molecule has 4 heteroatoms. The number of nitrogens with one attached hydrogen (secondary N) is 1. The van der Waals surface area contributed by atoms with Gasteiger partial charge in [0.15, 0.2) is 11.5 Å². The van der Waals surface area contributed by atoms with Crippen molar-refractivity contribution in [3.63, 3.8) is 0 Å². The van der Waals surface area contributed by atoms with Gasteiger partial charge in [0.2, 0.25) is 0 Å². The lowest BCUT2D eigenvalue weighted by atomic mass is 9.85. The summed E-state index contributed by atoms with van der Waals surface area (Å²) in [7, 11) is 3.24. The van der Waals surface area contributed by atoms with E-state index in [2.05, 4.69) is 5.32 Å². The molecule has 0 spiro atoms. The Balaban J connectivity index is 1.99. The molecule has 0 saturated heterocycles. The number of anilines is 1. The molecular weight excluding hydrogens is 242 g/mol. The third-order valence-electron chi connectivity index (χ3n) is 3.79. The van der Waals surface area contributed by atoms with Crippen molar-refractivity contribution >= 4 is 5.69 Å². The normalized spacial score (nSPS) is 17.8. The Labute approximate surface area is 114 Å². The largest absolute Gasteiger partial charge is 0.493 e. The molecule has 1 saturated carbocycles. The zero-order valence-electron chi connectivity index (χ0n) is 11.7. The van der Waals surface area contributed by atoms with E-state index in [-0.39, 0.29) is 0 Å². The molecule has 0 atom stereocenters. The summed E-state index contributed by atoms with van der Waals surface area (Å²) < 4.78 is 10.5. The lowest BCUT2D eigenvalue weighted by Crippen LogP contribution is -2.38. The van der Waals surface area contributed by atoms with Gasteiger partial charge in [0.25, 0.3) is 0 Å². The van der Waals surface area contributed by atoms with Gasteiger partial charge in [-0.05, 0) is 25.0 Å². The van der Waals surface area contributed by atoms with Gasteiger partial charge in [-0.1, -0.05) is 19.3 Å². The highest BCUT2D eigenvalue weighted by Crippen LogP contribution is 2.31. The third-order valence-corrected chi connectivity index (χ3v) is 3.79. The number of rotatable bonds is 5.